The Morgan fingerprint density at radius 3 is 2.85 bits per heavy atom. The first-order valence-corrected chi connectivity index (χ1v) is 8.99. The van der Waals surface area contributed by atoms with Crippen LogP contribution >= 0.6 is 0 Å². The van der Waals surface area contributed by atoms with Gasteiger partial charge in [-0.25, -0.2) is 5.43 Å². The summed E-state index contributed by atoms with van der Waals surface area (Å²) in [6.45, 7) is 3.15. The van der Waals surface area contributed by atoms with Crippen LogP contribution in [0, 0.1) is 18.3 Å². The number of fused-ring (bicyclic) bond motifs is 1. The molecule has 4 heteroatoms. The summed E-state index contributed by atoms with van der Waals surface area (Å²) < 4.78 is 5.50. The highest BCUT2D eigenvalue weighted by Crippen LogP contribution is 2.31. The van der Waals surface area contributed by atoms with E-state index in [0.717, 1.165) is 25.4 Å². The summed E-state index contributed by atoms with van der Waals surface area (Å²) in [6, 6.07) is 19.2. The lowest BCUT2D eigenvalue weighted by Gasteiger charge is -2.26. The van der Waals surface area contributed by atoms with Crippen molar-refractivity contribution in [2.75, 3.05) is 19.6 Å². The molecular weight excluding hydrogens is 322 g/mol. The summed E-state index contributed by atoms with van der Waals surface area (Å²) in [5.74, 6) is 4.15. The van der Waals surface area contributed by atoms with E-state index < -0.39 is 0 Å². The van der Waals surface area contributed by atoms with Gasteiger partial charge in [-0.1, -0.05) is 48.4 Å². The lowest BCUT2D eigenvalue weighted by Crippen LogP contribution is -2.33. The number of benzene rings is 2. The summed E-state index contributed by atoms with van der Waals surface area (Å²) in [7, 11) is 0. The Hall–Kier alpha value is -2.58. The van der Waals surface area contributed by atoms with Crippen molar-refractivity contribution in [3.05, 3.63) is 72.2 Å². The first-order chi connectivity index (χ1) is 12.8. The minimum absolute atomic E-state index is 0.248. The van der Waals surface area contributed by atoms with E-state index in [2.05, 4.69) is 64.1 Å². The maximum atomic E-state index is 5.60. The average molecular weight is 345 g/mol. The van der Waals surface area contributed by atoms with Gasteiger partial charge < -0.3 is 4.42 Å². The first kappa shape index (κ1) is 16.9. The highest BCUT2D eigenvalue weighted by Gasteiger charge is 2.30. The maximum absolute atomic E-state index is 5.60. The summed E-state index contributed by atoms with van der Waals surface area (Å²) in [5.41, 5.74) is 8.14. The number of nitrogens with zero attached hydrogens (tertiary/aromatic N) is 1. The molecule has 0 saturated carbocycles. The molecule has 2 heterocycles. The second-order valence-electron chi connectivity index (χ2n) is 6.78. The van der Waals surface area contributed by atoms with Crippen molar-refractivity contribution in [2.45, 2.75) is 12.6 Å². The van der Waals surface area contributed by atoms with E-state index in [-0.39, 0.29) is 6.04 Å². The Kier molecular flexibility index (Phi) is 5.03. The Bertz CT molecular complexity index is 892. The molecule has 3 aromatic rings. The quantitative estimate of drug-likeness (QED) is 0.673. The third-order valence-corrected chi connectivity index (χ3v) is 5.02. The molecule has 0 spiro atoms. The number of hydrogen-bond acceptors (Lipinski definition) is 4. The molecule has 1 aliphatic heterocycles. The van der Waals surface area contributed by atoms with Crippen LogP contribution in [0.3, 0.4) is 0 Å². The fourth-order valence-corrected chi connectivity index (χ4v) is 3.83. The van der Waals surface area contributed by atoms with Gasteiger partial charge in [0, 0.05) is 19.0 Å². The standard InChI is InChI=1S/C22H23N3O/c1-2-12-25(16-19-9-6-13-26-19)15-18-14-23-24-22(18)21-11-5-8-17-7-3-4-10-20(17)21/h1,3-11,13,18,22-24H,12,14-16H2. The molecule has 132 valence electrons. The van der Waals surface area contributed by atoms with E-state index in [0.29, 0.717) is 12.5 Å². The van der Waals surface area contributed by atoms with Gasteiger partial charge in [0.25, 0.3) is 0 Å². The lowest BCUT2D eigenvalue weighted by molar-refractivity contribution is 0.226. The second-order valence-corrected chi connectivity index (χ2v) is 6.78. The van der Waals surface area contributed by atoms with Gasteiger partial charge in [-0.05, 0) is 28.5 Å². The number of furan rings is 1. The van der Waals surface area contributed by atoms with Crippen molar-refractivity contribution in [1.29, 1.82) is 0 Å². The molecule has 0 bridgehead atoms. The zero-order chi connectivity index (χ0) is 17.8. The number of nitrogens with one attached hydrogen (secondary N) is 2. The molecule has 2 N–H and O–H groups in total. The van der Waals surface area contributed by atoms with Crippen LogP contribution in [0.15, 0.2) is 65.3 Å². The van der Waals surface area contributed by atoms with Crippen LogP contribution in [-0.4, -0.2) is 24.5 Å². The summed E-state index contributed by atoms with van der Waals surface area (Å²) in [5, 5.41) is 2.57. The van der Waals surface area contributed by atoms with E-state index in [1.165, 1.54) is 16.3 Å². The molecule has 2 unspecified atom stereocenters. The Morgan fingerprint density at radius 1 is 1.12 bits per heavy atom. The molecule has 2 aromatic carbocycles. The molecule has 0 aliphatic carbocycles. The van der Waals surface area contributed by atoms with Crippen LogP contribution in [-0.2, 0) is 6.54 Å². The van der Waals surface area contributed by atoms with Crippen LogP contribution < -0.4 is 10.9 Å². The van der Waals surface area contributed by atoms with Crippen molar-refractivity contribution >= 4 is 10.8 Å². The second kappa shape index (κ2) is 7.76. The third kappa shape index (κ3) is 3.51. The Morgan fingerprint density at radius 2 is 2.00 bits per heavy atom. The van der Waals surface area contributed by atoms with Crippen LogP contribution in [0.5, 0.6) is 0 Å². The van der Waals surface area contributed by atoms with E-state index in [1.54, 1.807) is 6.26 Å². The lowest BCUT2D eigenvalue weighted by atomic mass is 9.90. The number of hydrazine groups is 1. The van der Waals surface area contributed by atoms with Crippen LogP contribution in [0.4, 0.5) is 0 Å². The fraction of sp³-hybridized carbons (Fsp3) is 0.273. The van der Waals surface area contributed by atoms with Gasteiger partial charge in [-0.2, -0.15) is 0 Å². The fourth-order valence-electron chi connectivity index (χ4n) is 3.83. The van der Waals surface area contributed by atoms with Gasteiger partial charge in [0.1, 0.15) is 5.76 Å². The summed E-state index contributed by atoms with van der Waals surface area (Å²) in [4.78, 5) is 2.27. The molecule has 4 nitrogen and oxygen atoms in total. The predicted molar refractivity (Wildman–Crippen MR) is 104 cm³/mol. The Balaban J connectivity index is 1.56. The molecule has 2 atom stereocenters. The van der Waals surface area contributed by atoms with Gasteiger partial charge in [0.05, 0.1) is 25.4 Å². The third-order valence-electron chi connectivity index (χ3n) is 5.02. The van der Waals surface area contributed by atoms with Gasteiger partial charge in [-0.3, -0.25) is 10.3 Å². The van der Waals surface area contributed by atoms with E-state index in [1.807, 2.05) is 12.1 Å². The van der Waals surface area contributed by atoms with Gasteiger partial charge >= 0.3 is 0 Å². The summed E-state index contributed by atoms with van der Waals surface area (Å²) in [6.07, 6.45) is 7.31. The molecule has 1 fully saturated rings. The highest BCUT2D eigenvalue weighted by molar-refractivity contribution is 5.86. The first-order valence-electron chi connectivity index (χ1n) is 8.99. The van der Waals surface area contributed by atoms with Gasteiger partial charge in [0.15, 0.2) is 0 Å². The zero-order valence-corrected chi connectivity index (χ0v) is 14.7. The number of hydrogen-bond donors (Lipinski definition) is 2. The van der Waals surface area contributed by atoms with Crippen LogP contribution in [0.25, 0.3) is 10.8 Å². The minimum Gasteiger partial charge on any atom is -0.468 e. The van der Waals surface area contributed by atoms with Crippen molar-refractivity contribution in [3.8, 4) is 12.3 Å². The van der Waals surface area contributed by atoms with Crippen LogP contribution in [0.2, 0.25) is 0 Å². The largest absolute Gasteiger partial charge is 0.468 e. The average Bonchev–Trinajstić information content (AvgIpc) is 3.33. The smallest absolute Gasteiger partial charge is 0.117 e. The summed E-state index contributed by atoms with van der Waals surface area (Å²) >= 11 is 0. The van der Waals surface area contributed by atoms with Crippen molar-refractivity contribution in [1.82, 2.24) is 15.8 Å². The van der Waals surface area contributed by atoms with Crippen LogP contribution in [0.1, 0.15) is 17.4 Å². The topological polar surface area (TPSA) is 40.4 Å². The molecule has 26 heavy (non-hydrogen) atoms. The molecule has 1 aromatic heterocycles. The molecule has 1 aliphatic rings. The zero-order valence-electron chi connectivity index (χ0n) is 14.7. The van der Waals surface area contributed by atoms with Crippen molar-refractivity contribution in [3.63, 3.8) is 0 Å². The molecule has 0 amide bonds. The Labute approximate surface area is 154 Å². The monoisotopic (exact) mass is 345 g/mol. The number of rotatable bonds is 6. The normalized spacial score (nSPS) is 19.8. The molecule has 0 radical (unpaired) electrons. The minimum atomic E-state index is 0.248. The van der Waals surface area contributed by atoms with E-state index in [4.69, 9.17) is 10.8 Å². The predicted octanol–water partition coefficient (Wildman–Crippen LogP) is 3.33. The molecule has 4 rings (SSSR count). The van der Waals surface area contributed by atoms with E-state index >= 15 is 0 Å². The van der Waals surface area contributed by atoms with Crippen molar-refractivity contribution < 1.29 is 4.42 Å². The van der Waals surface area contributed by atoms with Crippen molar-refractivity contribution in [2.24, 2.45) is 5.92 Å². The van der Waals surface area contributed by atoms with Gasteiger partial charge in [-0.15, -0.1) is 6.42 Å². The maximum Gasteiger partial charge on any atom is 0.117 e. The van der Waals surface area contributed by atoms with E-state index in [9.17, 15) is 0 Å². The molecular formula is C22H23N3O. The molecule has 1 saturated heterocycles. The highest BCUT2D eigenvalue weighted by atomic mass is 16.3. The number of terminal acetylenes is 1. The SMILES string of the molecule is C#CCN(Cc1ccco1)CC1CNNC1c1cccc2ccccc12. The van der Waals surface area contributed by atoms with Gasteiger partial charge in [0.2, 0.25) is 0 Å².